The summed E-state index contributed by atoms with van der Waals surface area (Å²) in [5.74, 6) is 1.06. The number of aliphatic hydroxyl groups is 1. The molecule has 1 rings (SSSR count). The Morgan fingerprint density at radius 2 is 2.11 bits per heavy atom. The van der Waals surface area contributed by atoms with Crippen LogP contribution in [0.25, 0.3) is 0 Å². The average molecular weight is 267 g/mol. The van der Waals surface area contributed by atoms with Crippen molar-refractivity contribution in [1.29, 1.82) is 0 Å². The van der Waals surface area contributed by atoms with Crippen LogP contribution in [0.5, 0.6) is 0 Å². The van der Waals surface area contributed by atoms with Crippen molar-refractivity contribution in [2.24, 2.45) is 11.7 Å². The normalized spacial score (nSPS) is 20.3. The highest BCUT2D eigenvalue weighted by atomic mass is 16.5. The maximum atomic E-state index is 10.7. The topological polar surface area (TPSA) is 55.5 Å². The number of hydrogen-bond acceptors (Lipinski definition) is 3. The molecule has 2 atom stereocenters. The zero-order valence-electron chi connectivity index (χ0n) is 12.6. The largest absolute Gasteiger partial charge is 0.501 e. The van der Waals surface area contributed by atoms with E-state index in [9.17, 15) is 5.11 Å². The van der Waals surface area contributed by atoms with Gasteiger partial charge < -0.3 is 15.6 Å². The average Bonchev–Trinajstić information content (AvgIpc) is 2.40. The van der Waals surface area contributed by atoms with Crippen LogP contribution in [0.15, 0.2) is 23.5 Å². The van der Waals surface area contributed by atoms with Crippen LogP contribution in [0.1, 0.15) is 52.4 Å². The minimum atomic E-state index is -0.700. The molecule has 0 bridgehead atoms. The van der Waals surface area contributed by atoms with E-state index >= 15 is 0 Å². The van der Waals surface area contributed by atoms with Crippen molar-refractivity contribution in [3.8, 4) is 0 Å². The molecular weight excluding hydrogens is 238 g/mol. The second-order valence-corrected chi connectivity index (χ2v) is 5.68. The molecule has 1 aliphatic rings. The highest BCUT2D eigenvalue weighted by molar-refractivity contribution is 5.25. The second-order valence-electron chi connectivity index (χ2n) is 5.68. The van der Waals surface area contributed by atoms with Crippen LogP contribution in [-0.4, -0.2) is 24.4 Å². The Morgan fingerprint density at radius 1 is 1.37 bits per heavy atom. The third kappa shape index (κ3) is 4.66. The van der Waals surface area contributed by atoms with E-state index in [2.05, 4.69) is 13.0 Å². The van der Waals surface area contributed by atoms with Gasteiger partial charge in [0.1, 0.15) is 0 Å². The summed E-state index contributed by atoms with van der Waals surface area (Å²) in [7, 11) is 1.70. The van der Waals surface area contributed by atoms with Gasteiger partial charge in [0.2, 0.25) is 0 Å². The second kappa shape index (κ2) is 7.71. The Balaban J connectivity index is 2.71. The molecule has 19 heavy (non-hydrogen) atoms. The molecule has 2 unspecified atom stereocenters. The van der Waals surface area contributed by atoms with Gasteiger partial charge in [-0.3, -0.25) is 0 Å². The molecule has 0 saturated heterocycles. The molecule has 0 spiro atoms. The fourth-order valence-corrected chi connectivity index (χ4v) is 2.81. The lowest BCUT2D eigenvalue weighted by molar-refractivity contribution is 0.00492. The van der Waals surface area contributed by atoms with Crippen molar-refractivity contribution in [2.75, 3.05) is 13.7 Å². The first-order chi connectivity index (χ1) is 9.05. The number of rotatable bonds is 8. The van der Waals surface area contributed by atoms with Gasteiger partial charge in [0.05, 0.1) is 18.5 Å². The zero-order valence-corrected chi connectivity index (χ0v) is 12.6. The fourth-order valence-electron chi connectivity index (χ4n) is 2.81. The predicted octanol–water partition coefficient (Wildman–Crippen LogP) is 3.14. The molecule has 0 aliphatic heterocycles. The van der Waals surface area contributed by atoms with E-state index in [0.717, 1.165) is 31.4 Å². The maximum Gasteiger partial charge on any atom is 0.0958 e. The molecule has 0 fully saturated rings. The van der Waals surface area contributed by atoms with Crippen molar-refractivity contribution >= 4 is 0 Å². The van der Waals surface area contributed by atoms with Gasteiger partial charge in [0.25, 0.3) is 0 Å². The SMILES string of the molecule is CCCCCC(C)(O)C(CN)C1=CC=C(OC)CC1. The van der Waals surface area contributed by atoms with Crippen LogP contribution in [0, 0.1) is 5.92 Å². The Hall–Kier alpha value is -0.800. The summed E-state index contributed by atoms with van der Waals surface area (Å²) < 4.78 is 5.24. The van der Waals surface area contributed by atoms with Gasteiger partial charge in [-0.2, -0.15) is 0 Å². The minimum Gasteiger partial charge on any atom is -0.501 e. The van der Waals surface area contributed by atoms with Crippen molar-refractivity contribution in [2.45, 2.75) is 58.0 Å². The van der Waals surface area contributed by atoms with E-state index in [1.807, 2.05) is 13.0 Å². The number of methoxy groups -OCH3 is 1. The third-order valence-corrected chi connectivity index (χ3v) is 4.13. The van der Waals surface area contributed by atoms with E-state index in [0.29, 0.717) is 6.54 Å². The molecule has 0 aromatic heterocycles. The Morgan fingerprint density at radius 3 is 2.58 bits per heavy atom. The molecule has 1 aliphatic carbocycles. The summed E-state index contributed by atoms with van der Waals surface area (Å²) in [5, 5.41) is 10.7. The van der Waals surface area contributed by atoms with Gasteiger partial charge in [0, 0.05) is 18.9 Å². The van der Waals surface area contributed by atoms with Gasteiger partial charge in [-0.1, -0.05) is 37.8 Å². The quantitative estimate of drug-likeness (QED) is 0.664. The van der Waals surface area contributed by atoms with Crippen LogP contribution in [-0.2, 0) is 4.74 Å². The van der Waals surface area contributed by atoms with Crippen molar-refractivity contribution in [3.63, 3.8) is 0 Å². The van der Waals surface area contributed by atoms with Crippen LogP contribution >= 0.6 is 0 Å². The monoisotopic (exact) mass is 267 g/mol. The summed E-state index contributed by atoms with van der Waals surface area (Å²) in [6, 6.07) is 0. The summed E-state index contributed by atoms with van der Waals surface area (Å²) in [5.41, 5.74) is 6.46. The highest BCUT2D eigenvalue weighted by Gasteiger charge is 2.33. The van der Waals surface area contributed by atoms with Crippen molar-refractivity contribution in [3.05, 3.63) is 23.5 Å². The molecule has 3 N–H and O–H groups in total. The number of nitrogens with two attached hydrogens (primary N) is 1. The van der Waals surface area contributed by atoms with Crippen molar-refractivity contribution < 1.29 is 9.84 Å². The molecule has 0 heterocycles. The first kappa shape index (κ1) is 16.3. The van der Waals surface area contributed by atoms with Gasteiger partial charge in [-0.15, -0.1) is 0 Å². The predicted molar refractivity (Wildman–Crippen MR) is 79.7 cm³/mol. The van der Waals surface area contributed by atoms with E-state index in [1.54, 1.807) is 7.11 Å². The lowest BCUT2D eigenvalue weighted by Gasteiger charge is -2.35. The first-order valence-corrected chi connectivity index (χ1v) is 7.41. The molecule has 0 saturated carbocycles. The number of unbranched alkanes of at least 4 members (excludes halogenated alkanes) is 2. The van der Waals surface area contributed by atoms with E-state index in [4.69, 9.17) is 10.5 Å². The number of ether oxygens (including phenoxy) is 1. The third-order valence-electron chi connectivity index (χ3n) is 4.13. The standard InChI is InChI=1S/C16H29NO2/c1-4-5-6-11-16(2,18)15(12-17)13-7-9-14(19-3)10-8-13/h7,9,15,18H,4-6,8,10-12,17H2,1-3H3. The molecule has 0 amide bonds. The van der Waals surface area contributed by atoms with Gasteiger partial charge in [-0.05, 0) is 25.8 Å². The Bertz CT molecular complexity index is 332. The van der Waals surface area contributed by atoms with E-state index in [1.165, 1.54) is 18.4 Å². The molecule has 0 radical (unpaired) electrons. The lowest BCUT2D eigenvalue weighted by Crippen LogP contribution is -2.40. The first-order valence-electron chi connectivity index (χ1n) is 7.41. The van der Waals surface area contributed by atoms with Crippen molar-refractivity contribution in [1.82, 2.24) is 0 Å². The summed E-state index contributed by atoms with van der Waals surface area (Å²) in [6.07, 6.45) is 10.1. The van der Waals surface area contributed by atoms with Crippen LogP contribution in [0.4, 0.5) is 0 Å². The highest BCUT2D eigenvalue weighted by Crippen LogP contribution is 2.34. The number of hydrogen-bond donors (Lipinski definition) is 2. The molecule has 0 aromatic rings. The molecule has 110 valence electrons. The molecule has 3 nitrogen and oxygen atoms in total. The van der Waals surface area contributed by atoms with Crippen LogP contribution in [0.3, 0.4) is 0 Å². The van der Waals surface area contributed by atoms with Gasteiger partial charge in [0.15, 0.2) is 0 Å². The Labute approximate surface area is 117 Å². The smallest absolute Gasteiger partial charge is 0.0958 e. The van der Waals surface area contributed by atoms with Crippen LogP contribution < -0.4 is 5.73 Å². The summed E-state index contributed by atoms with van der Waals surface area (Å²) in [6.45, 7) is 4.60. The minimum absolute atomic E-state index is 0.0546. The maximum absolute atomic E-state index is 10.7. The fraction of sp³-hybridized carbons (Fsp3) is 0.750. The summed E-state index contributed by atoms with van der Waals surface area (Å²) >= 11 is 0. The van der Waals surface area contributed by atoms with E-state index < -0.39 is 5.60 Å². The number of allylic oxidation sites excluding steroid dienone is 3. The molecule has 0 aromatic carbocycles. The van der Waals surface area contributed by atoms with E-state index in [-0.39, 0.29) is 5.92 Å². The Kier molecular flexibility index (Phi) is 6.59. The molecule has 3 heteroatoms. The summed E-state index contributed by atoms with van der Waals surface area (Å²) in [4.78, 5) is 0. The molecular formula is C16H29NO2. The van der Waals surface area contributed by atoms with Gasteiger partial charge in [-0.25, -0.2) is 0 Å². The van der Waals surface area contributed by atoms with Crippen LogP contribution in [0.2, 0.25) is 0 Å². The van der Waals surface area contributed by atoms with Gasteiger partial charge >= 0.3 is 0 Å². The lowest BCUT2D eigenvalue weighted by atomic mass is 9.77. The zero-order chi connectivity index (χ0) is 14.3.